The first-order valence-corrected chi connectivity index (χ1v) is 6.65. The lowest BCUT2D eigenvalue weighted by molar-refractivity contribution is -0.156. The number of hydrogen-bond donors (Lipinski definition) is 2. The molecule has 116 valence electrons. The minimum atomic E-state index is -0.741. The van der Waals surface area contributed by atoms with Crippen LogP contribution in [0.4, 0.5) is 10.5 Å². The van der Waals surface area contributed by atoms with E-state index in [9.17, 15) is 9.59 Å². The van der Waals surface area contributed by atoms with Gasteiger partial charge in [-0.2, -0.15) is 0 Å². The van der Waals surface area contributed by atoms with Crippen LogP contribution in [0.15, 0.2) is 24.3 Å². The Morgan fingerprint density at radius 2 is 1.90 bits per heavy atom. The normalized spacial score (nSPS) is 12.2. The fourth-order valence-electron chi connectivity index (χ4n) is 1.51. The average Bonchev–Trinajstić information content (AvgIpc) is 2.36. The summed E-state index contributed by atoms with van der Waals surface area (Å²) in [6.07, 6.45) is 0. The Labute approximate surface area is 124 Å². The molecule has 0 fully saturated rings. The number of hydrogen-bond acceptors (Lipinski definition) is 4. The van der Waals surface area contributed by atoms with Gasteiger partial charge in [-0.25, -0.2) is 9.59 Å². The third-order valence-electron chi connectivity index (χ3n) is 2.44. The molecule has 6 heteroatoms. The van der Waals surface area contributed by atoms with Crippen LogP contribution in [0, 0.1) is 0 Å². The fraction of sp³-hybridized carbons (Fsp3) is 0.467. The second-order valence-corrected chi connectivity index (χ2v) is 5.59. The molecule has 0 aliphatic carbocycles. The number of rotatable bonds is 4. The minimum absolute atomic E-state index is 0.483. The average molecular weight is 294 g/mol. The predicted molar refractivity (Wildman–Crippen MR) is 80.5 cm³/mol. The fourth-order valence-corrected chi connectivity index (χ4v) is 1.51. The lowest BCUT2D eigenvalue weighted by Crippen LogP contribution is -2.43. The van der Waals surface area contributed by atoms with E-state index in [2.05, 4.69) is 10.6 Å². The molecule has 0 spiro atoms. The summed E-state index contributed by atoms with van der Waals surface area (Å²) >= 11 is 0. The van der Waals surface area contributed by atoms with Gasteiger partial charge in [-0.05, 0) is 39.8 Å². The largest absolute Gasteiger partial charge is 0.497 e. The number of esters is 1. The number of nitrogens with one attached hydrogen (secondary N) is 2. The smallest absolute Gasteiger partial charge is 0.328 e. The number of amides is 2. The van der Waals surface area contributed by atoms with Crippen molar-refractivity contribution in [2.45, 2.75) is 39.3 Å². The number of benzene rings is 1. The van der Waals surface area contributed by atoms with Crippen LogP contribution in [0.5, 0.6) is 5.75 Å². The Morgan fingerprint density at radius 1 is 1.24 bits per heavy atom. The predicted octanol–water partition coefficient (Wildman–Crippen LogP) is 2.55. The summed E-state index contributed by atoms with van der Waals surface area (Å²) < 4.78 is 10.3. The summed E-state index contributed by atoms with van der Waals surface area (Å²) in [4.78, 5) is 23.6. The molecule has 0 saturated heterocycles. The summed E-state index contributed by atoms with van der Waals surface area (Å²) in [5.41, 5.74) is -0.0146. The summed E-state index contributed by atoms with van der Waals surface area (Å²) in [7, 11) is 1.55. The van der Waals surface area contributed by atoms with Crippen molar-refractivity contribution in [2.75, 3.05) is 12.4 Å². The standard InChI is InChI=1S/C15H22N2O4/c1-10(13(18)21-15(2,3)4)16-14(19)17-11-7-6-8-12(9-11)20-5/h6-10H,1-5H3,(H2,16,17,19)/t10-/m1/s1. The van der Waals surface area contributed by atoms with Gasteiger partial charge in [0.25, 0.3) is 0 Å². The van der Waals surface area contributed by atoms with E-state index in [1.165, 1.54) is 0 Å². The van der Waals surface area contributed by atoms with Crippen molar-refractivity contribution >= 4 is 17.7 Å². The van der Waals surface area contributed by atoms with Crippen LogP contribution in [-0.4, -0.2) is 30.8 Å². The number of carbonyl (C=O) groups excluding carboxylic acids is 2. The Kier molecular flexibility index (Phi) is 5.58. The Bertz CT molecular complexity index is 509. The third kappa shape index (κ3) is 6.16. The molecule has 0 aliphatic rings. The second-order valence-electron chi connectivity index (χ2n) is 5.59. The lowest BCUT2D eigenvalue weighted by Gasteiger charge is -2.22. The number of anilines is 1. The molecular weight excluding hydrogens is 272 g/mol. The first-order chi connectivity index (χ1) is 9.71. The van der Waals surface area contributed by atoms with Gasteiger partial charge in [0.15, 0.2) is 0 Å². The molecule has 0 aromatic heterocycles. The van der Waals surface area contributed by atoms with Crippen LogP contribution >= 0.6 is 0 Å². The maximum atomic E-state index is 11.8. The Morgan fingerprint density at radius 3 is 2.48 bits per heavy atom. The molecule has 0 aliphatic heterocycles. The summed E-state index contributed by atoms with van der Waals surface area (Å²) in [5, 5.41) is 5.15. The second kappa shape index (κ2) is 6.97. The zero-order valence-electron chi connectivity index (χ0n) is 13.0. The maximum Gasteiger partial charge on any atom is 0.328 e. The van der Waals surface area contributed by atoms with Crippen molar-refractivity contribution < 1.29 is 19.1 Å². The topological polar surface area (TPSA) is 76.7 Å². The van der Waals surface area contributed by atoms with Gasteiger partial charge in [0, 0.05) is 11.8 Å². The first-order valence-electron chi connectivity index (χ1n) is 6.65. The highest BCUT2D eigenvalue weighted by Crippen LogP contribution is 2.16. The molecule has 1 aromatic rings. The quantitative estimate of drug-likeness (QED) is 0.837. The third-order valence-corrected chi connectivity index (χ3v) is 2.44. The number of carbonyl (C=O) groups is 2. The summed E-state index contributed by atoms with van der Waals surface area (Å²) in [6.45, 7) is 6.88. The van der Waals surface area contributed by atoms with E-state index in [1.54, 1.807) is 59.1 Å². The van der Waals surface area contributed by atoms with Crippen molar-refractivity contribution in [1.29, 1.82) is 0 Å². The van der Waals surface area contributed by atoms with Gasteiger partial charge in [-0.1, -0.05) is 6.07 Å². The van der Waals surface area contributed by atoms with E-state index in [0.29, 0.717) is 11.4 Å². The molecule has 1 atom stereocenters. The van der Waals surface area contributed by atoms with Gasteiger partial charge in [-0.3, -0.25) is 0 Å². The van der Waals surface area contributed by atoms with Crippen LogP contribution in [-0.2, 0) is 9.53 Å². The van der Waals surface area contributed by atoms with E-state index < -0.39 is 23.6 Å². The monoisotopic (exact) mass is 294 g/mol. The Balaban J connectivity index is 2.54. The molecule has 1 rings (SSSR count). The first kappa shape index (κ1) is 16.8. The highest BCUT2D eigenvalue weighted by Gasteiger charge is 2.22. The number of ether oxygens (including phenoxy) is 2. The van der Waals surface area contributed by atoms with E-state index in [1.807, 2.05) is 0 Å². The number of methoxy groups -OCH3 is 1. The molecule has 2 N–H and O–H groups in total. The van der Waals surface area contributed by atoms with Crippen molar-refractivity contribution in [3.8, 4) is 5.75 Å². The SMILES string of the molecule is COc1cccc(NC(=O)N[C@H](C)C(=O)OC(C)(C)C)c1. The molecule has 2 amide bonds. The molecule has 0 unspecified atom stereocenters. The van der Waals surface area contributed by atoms with Gasteiger partial charge in [0.2, 0.25) is 0 Å². The van der Waals surface area contributed by atoms with Crippen LogP contribution in [0.1, 0.15) is 27.7 Å². The van der Waals surface area contributed by atoms with Crippen LogP contribution < -0.4 is 15.4 Å². The van der Waals surface area contributed by atoms with E-state index in [0.717, 1.165) is 0 Å². The zero-order valence-corrected chi connectivity index (χ0v) is 13.0. The van der Waals surface area contributed by atoms with E-state index >= 15 is 0 Å². The lowest BCUT2D eigenvalue weighted by atomic mass is 10.2. The van der Waals surface area contributed by atoms with Crippen molar-refractivity contribution in [2.24, 2.45) is 0 Å². The van der Waals surface area contributed by atoms with Gasteiger partial charge in [-0.15, -0.1) is 0 Å². The van der Waals surface area contributed by atoms with E-state index in [4.69, 9.17) is 9.47 Å². The van der Waals surface area contributed by atoms with Crippen LogP contribution in [0.3, 0.4) is 0 Å². The van der Waals surface area contributed by atoms with Crippen LogP contribution in [0.25, 0.3) is 0 Å². The van der Waals surface area contributed by atoms with Crippen molar-refractivity contribution in [3.05, 3.63) is 24.3 Å². The van der Waals surface area contributed by atoms with Crippen molar-refractivity contribution in [3.63, 3.8) is 0 Å². The molecule has 1 aromatic carbocycles. The van der Waals surface area contributed by atoms with Gasteiger partial charge < -0.3 is 20.1 Å². The maximum absolute atomic E-state index is 11.8. The molecule has 21 heavy (non-hydrogen) atoms. The molecular formula is C15H22N2O4. The zero-order chi connectivity index (χ0) is 16.0. The molecule has 0 saturated carbocycles. The molecule has 6 nitrogen and oxygen atoms in total. The summed E-state index contributed by atoms with van der Waals surface area (Å²) in [5.74, 6) is 0.149. The van der Waals surface area contributed by atoms with Gasteiger partial charge in [0.05, 0.1) is 7.11 Å². The highest BCUT2D eigenvalue weighted by atomic mass is 16.6. The van der Waals surface area contributed by atoms with Crippen LogP contribution in [0.2, 0.25) is 0 Å². The molecule has 0 bridgehead atoms. The van der Waals surface area contributed by atoms with Gasteiger partial charge >= 0.3 is 12.0 Å². The highest BCUT2D eigenvalue weighted by molar-refractivity contribution is 5.92. The minimum Gasteiger partial charge on any atom is -0.497 e. The van der Waals surface area contributed by atoms with E-state index in [-0.39, 0.29) is 0 Å². The number of urea groups is 1. The van der Waals surface area contributed by atoms with Crippen molar-refractivity contribution in [1.82, 2.24) is 5.32 Å². The molecule has 0 radical (unpaired) electrons. The molecule has 0 heterocycles. The Hall–Kier alpha value is -2.24. The summed E-state index contributed by atoms with van der Waals surface area (Å²) in [6, 6.07) is 5.70. The van der Waals surface area contributed by atoms with Gasteiger partial charge in [0.1, 0.15) is 17.4 Å².